The van der Waals surface area contributed by atoms with Crippen LogP contribution < -0.4 is 10.3 Å². The molecule has 0 spiro atoms. The first-order valence-electron chi connectivity index (χ1n) is 6.70. The van der Waals surface area contributed by atoms with E-state index in [2.05, 4.69) is 0 Å². The van der Waals surface area contributed by atoms with Crippen molar-refractivity contribution in [2.24, 2.45) is 0 Å². The van der Waals surface area contributed by atoms with Gasteiger partial charge in [0.05, 0.1) is 11.6 Å². The number of nitrogens with zero attached hydrogens (tertiary/aromatic N) is 1. The van der Waals surface area contributed by atoms with Crippen LogP contribution in [0.25, 0.3) is 0 Å². The van der Waals surface area contributed by atoms with E-state index in [1.54, 1.807) is 16.8 Å². The van der Waals surface area contributed by atoms with Crippen LogP contribution in [-0.2, 0) is 6.54 Å². The second-order valence-corrected chi connectivity index (χ2v) is 5.19. The molecule has 1 aromatic heterocycles. The molecular weight excluding hydrogens is 274 g/mol. The lowest BCUT2D eigenvalue weighted by Gasteiger charge is -2.08. The van der Waals surface area contributed by atoms with Gasteiger partial charge in [0.2, 0.25) is 0 Å². The molecule has 106 valence electrons. The average molecular weight is 292 g/mol. The van der Waals surface area contributed by atoms with Gasteiger partial charge in [0.1, 0.15) is 5.75 Å². The number of hydrogen-bond acceptors (Lipinski definition) is 2. The summed E-state index contributed by atoms with van der Waals surface area (Å²) in [6.45, 7) is 3.35. The summed E-state index contributed by atoms with van der Waals surface area (Å²) >= 11 is 5.87. The van der Waals surface area contributed by atoms with Gasteiger partial charge in [-0.15, -0.1) is 0 Å². The lowest BCUT2D eigenvalue weighted by Crippen LogP contribution is -2.18. The molecule has 0 radical (unpaired) electrons. The summed E-state index contributed by atoms with van der Waals surface area (Å²) in [7, 11) is 0. The van der Waals surface area contributed by atoms with Gasteiger partial charge in [0.15, 0.2) is 0 Å². The van der Waals surface area contributed by atoms with Gasteiger partial charge in [-0.3, -0.25) is 4.79 Å². The first kappa shape index (κ1) is 14.7. The Balaban J connectivity index is 1.74. The highest BCUT2D eigenvalue weighted by molar-refractivity contribution is 6.30. The molecule has 1 aromatic carbocycles. The number of hydrogen-bond donors (Lipinski definition) is 0. The van der Waals surface area contributed by atoms with E-state index in [1.807, 2.05) is 31.2 Å². The van der Waals surface area contributed by atoms with Crippen molar-refractivity contribution in [2.75, 3.05) is 6.61 Å². The van der Waals surface area contributed by atoms with Crippen molar-refractivity contribution in [1.29, 1.82) is 0 Å². The van der Waals surface area contributed by atoms with Crippen molar-refractivity contribution in [3.63, 3.8) is 0 Å². The lowest BCUT2D eigenvalue weighted by atomic mass is 10.2. The molecule has 0 N–H and O–H groups in total. The molecule has 0 saturated carbocycles. The minimum Gasteiger partial charge on any atom is -0.494 e. The summed E-state index contributed by atoms with van der Waals surface area (Å²) < 4.78 is 7.30. The average Bonchev–Trinajstić information content (AvgIpc) is 2.42. The Morgan fingerprint density at radius 3 is 2.85 bits per heavy atom. The Morgan fingerprint density at radius 1 is 1.20 bits per heavy atom. The molecule has 0 unspecified atom stereocenters. The third-order valence-electron chi connectivity index (χ3n) is 3.00. The number of ether oxygens (including phenoxy) is 1. The minimum absolute atomic E-state index is 0.0194. The zero-order chi connectivity index (χ0) is 14.4. The van der Waals surface area contributed by atoms with Crippen LogP contribution in [0.1, 0.15) is 18.4 Å². The molecule has 2 rings (SSSR count). The molecule has 1 heterocycles. The molecule has 4 heteroatoms. The quantitative estimate of drug-likeness (QED) is 0.761. The topological polar surface area (TPSA) is 31.2 Å². The molecule has 0 atom stereocenters. The Kier molecular flexibility index (Phi) is 5.24. The van der Waals surface area contributed by atoms with E-state index in [-0.39, 0.29) is 5.56 Å². The standard InChI is InChI=1S/C16H18ClNO2/c1-13-5-4-6-15(11-13)20-10-3-2-9-18-12-14(17)7-8-16(18)19/h4-8,11-12H,2-3,9-10H2,1H3. The van der Waals surface area contributed by atoms with Crippen LogP contribution in [0.5, 0.6) is 5.75 Å². The maximum atomic E-state index is 11.6. The fourth-order valence-electron chi connectivity index (χ4n) is 1.96. The van der Waals surface area contributed by atoms with E-state index in [0.717, 1.165) is 18.6 Å². The smallest absolute Gasteiger partial charge is 0.250 e. The van der Waals surface area contributed by atoms with Crippen LogP contribution in [0.2, 0.25) is 5.02 Å². The molecule has 0 fully saturated rings. The molecule has 2 aromatic rings. The van der Waals surface area contributed by atoms with Gasteiger partial charge in [0.25, 0.3) is 5.56 Å². The third-order valence-corrected chi connectivity index (χ3v) is 3.22. The van der Waals surface area contributed by atoms with Crippen LogP contribution in [-0.4, -0.2) is 11.2 Å². The molecule has 0 bridgehead atoms. The largest absolute Gasteiger partial charge is 0.494 e. The molecule has 0 aliphatic heterocycles. The highest BCUT2D eigenvalue weighted by Crippen LogP contribution is 2.12. The van der Waals surface area contributed by atoms with Gasteiger partial charge in [-0.05, 0) is 43.5 Å². The Hall–Kier alpha value is -1.74. The van der Waals surface area contributed by atoms with E-state index in [4.69, 9.17) is 16.3 Å². The van der Waals surface area contributed by atoms with Crippen LogP contribution in [0, 0.1) is 6.92 Å². The number of aromatic nitrogens is 1. The summed E-state index contributed by atoms with van der Waals surface area (Å²) in [5.41, 5.74) is 1.17. The van der Waals surface area contributed by atoms with Crippen molar-refractivity contribution in [2.45, 2.75) is 26.3 Å². The maximum absolute atomic E-state index is 11.6. The molecule has 20 heavy (non-hydrogen) atoms. The van der Waals surface area contributed by atoms with Gasteiger partial charge in [-0.25, -0.2) is 0 Å². The van der Waals surface area contributed by atoms with E-state index < -0.39 is 0 Å². The molecule has 0 aliphatic carbocycles. The summed E-state index contributed by atoms with van der Waals surface area (Å²) in [6.07, 6.45) is 3.45. The molecule has 0 aliphatic rings. The van der Waals surface area contributed by atoms with Gasteiger partial charge >= 0.3 is 0 Å². The zero-order valence-corrected chi connectivity index (χ0v) is 12.3. The summed E-state index contributed by atoms with van der Waals surface area (Å²) in [5.74, 6) is 0.893. The first-order chi connectivity index (χ1) is 9.65. The van der Waals surface area contributed by atoms with Gasteiger partial charge in [-0.1, -0.05) is 23.7 Å². The number of rotatable bonds is 6. The molecular formula is C16H18ClNO2. The minimum atomic E-state index is -0.0194. The Bertz CT molecular complexity index is 622. The van der Waals surface area contributed by atoms with Gasteiger partial charge in [-0.2, -0.15) is 0 Å². The highest BCUT2D eigenvalue weighted by Gasteiger charge is 1.98. The maximum Gasteiger partial charge on any atom is 0.250 e. The SMILES string of the molecule is Cc1cccc(OCCCCn2cc(Cl)ccc2=O)c1. The number of aryl methyl sites for hydroxylation is 2. The fourth-order valence-corrected chi connectivity index (χ4v) is 2.14. The normalized spacial score (nSPS) is 10.5. The molecule has 0 amide bonds. The fraction of sp³-hybridized carbons (Fsp3) is 0.312. The Labute approximate surface area is 123 Å². The number of halogens is 1. The van der Waals surface area contributed by atoms with Gasteiger partial charge < -0.3 is 9.30 Å². The second-order valence-electron chi connectivity index (χ2n) is 4.75. The first-order valence-corrected chi connectivity index (χ1v) is 7.08. The zero-order valence-electron chi connectivity index (χ0n) is 11.5. The van der Waals surface area contributed by atoms with Crippen molar-refractivity contribution >= 4 is 11.6 Å². The molecule has 0 saturated heterocycles. The van der Waals surface area contributed by atoms with E-state index >= 15 is 0 Å². The van der Waals surface area contributed by atoms with Crippen LogP contribution in [0.15, 0.2) is 47.4 Å². The predicted molar refractivity (Wildman–Crippen MR) is 81.6 cm³/mol. The monoisotopic (exact) mass is 291 g/mol. The number of unbranched alkanes of at least 4 members (excludes halogenated alkanes) is 1. The van der Waals surface area contributed by atoms with Crippen molar-refractivity contribution in [1.82, 2.24) is 4.57 Å². The third kappa shape index (κ3) is 4.42. The predicted octanol–water partition coefficient (Wildman–Crippen LogP) is 3.67. The second kappa shape index (κ2) is 7.15. The summed E-state index contributed by atoms with van der Waals surface area (Å²) in [5, 5.41) is 0.584. The van der Waals surface area contributed by atoms with Crippen LogP contribution in [0.4, 0.5) is 0 Å². The van der Waals surface area contributed by atoms with Crippen molar-refractivity contribution in [3.05, 3.63) is 63.5 Å². The van der Waals surface area contributed by atoms with E-state index in [9.17, 15) is 4.79 Å². The lowest BCUT2D eigenvalue weighted by molar-refractivity contribution is 0.302. The highest BCUT2D eigenvalue weighted by atomic mass is 35.5. The number of pyridine rings is 1. The van der Waals surface area contributed by atoms with Crippen LogP contribution in [0.3, 0.4) is 0 Å². The Morgan fingerprint density at radius 2 is 2.05 bits per heavy atom. The van der Waals surface area contributed by atoms with Crippen LogP contribution >= 0.6 is 11.6 Å². The van der Waals surface area contributed by atoms with Crippen molar-refractivity contribution in [3.8, 4) is 5.75 Å². The van der Waals surface area contributed by atoms with Gasteiger partial charge in [0, 0.05) is 18.8 Å². The van der Waals surface area contributed by atoms with Crippen molar-refractivity contribution < 1.29 is 4.74 Å². The number of benzene rings is 1. The molecule has 3 nitrogen and oxygen atoms in total. The summed E-state index contributed by atoms with van der Waals surface area (Å²) in [4.78, 5) is 11.6. The van der Waals surface area contributed by atoms with E-state index in [1.165, 1.54) is 11.6 Å². The summed E-state index contributed by atoms with van der Waals surface area (Å²) in [6, 6.07) is 11.1. The van der Waals surface area contributed by atoms with E-state index in [0.29, 0.717) is 18.2 Å².